The first-order valence-corrected chi connectivity index (χ1v) is 6.87. The lowest BCUT2D eigenvalue weighted by Crippen LogP contribution is -2.39. The van der Waals surface area contributed by atoms with Crippen LogP contribution >= 0.6 is 0 Å². The number of likely N-dealkylation sites (tertiary alicyclic amines) is 1. The molecule has 1 aliphatic carbocycles. The van der Waals surface area contributed by atoms with Gasteiger partial charge in [-0.2, -0.15) is 5.10 Å². The van der Waals surface area contributed by atoms with E-state index in [-0.39, 0.29) is 5.91 Å². The van der Waals surface area contributed by atoms with Crippen molar-refractivity contribution in [1.29, 1.82) is 0 Å². The molecule has 2 heterocycles. The monoisotopic (exact) mass is 245 g/mol. The molecular formula is C14H19N3O. The van der Waals surface area contributed by atoms with Crippen molar-refractivity contribution in [2.75, 3.05) is 13.1 Å². The van der Waals surface area contributed by atoms with Gasteiger partial charge in [0.15, 0.2) is 5.69 Å². The van der Waals surface area contributed by atoms with Crippen molar-refractivity contribution in [2.24, 2.45) is 5.92 Å². The predicted octanol–water partition coefficient (Wildman–Crippen LogP) is 2.23. The number of carbonyl (C=O) groups is 1. The Morgan fingerprint density at radius 2 is 2.11 bits per heavy atom. The van der Waals surface area contributed by atoms with Gasteiger partial charge in [0.1, 0.15) is 0 Å². The van der Waals surface area contributed by atoms with Crippen LogP contribution in [-0.2, 0) is 0 Å². The summed E-state index contributed by atoms with van der Waals surface area (Å²) in [6, 6.07) is 3.80. The van der Waals surface area contributed by atoms with E-state index in [1.54, 1.807) is 0 Å². The highest BCUT2D eigenvalue weighted by Crippen LogP contribution is 2.38. The summed E-state index contributed by atoms with van der Waals surface area (Å²) in [5.41, 5.74) is 1.53. The van der Waals surface area contributed by atoms with Crippen LogP contribution in [0, 0.1) is 5.92 Å². The fourth-order valence-corrected chi connectivity index (χ4v) is 2.59. The molecule has 4 heteroatoms. The minimum atomic E-state index is 0.0383. The van der Waals surface area contributed by atoms with Gasteiger partial charge in [0, 0.05) is 19.0 Å². The quantitative estimate of drug-likeness (QED) is 0.802. The predicted molar refractivity (Wildman–Crippen MR) is 68.3 cm³/mol. The van der Waals surface area contributed by atoms with E-state index in [2.05, 4.69) is 17.1 Å². The van der Waals surface area contributed by atoms with Gasteiger partial charge in [-0.05, 0) is 43.7 Å². The van der Waals surface area contributed by atoms with Gasteiger partial charge >= 0.3 is 0 Å². The Balaban J connectivity index is 1.70. The molecule has 18 heavy (non-hydrogen) atoms. The van der Waals surface area contributed by atoms with E-state index in [0.717, 1.165) is 25.2 Å². The molecule has 0 radical (unpaired) electrons. The molecule has 1 aromatic heterocycles. The number of carbonyl (C=O) groups excluding carboxylic acids is 1. The van der Waals surface area contributed by atoms with Gasteiger partial charge in [0.25, 0.3) is 5.91 Å². The zero-order chi connectivity index (χ0) is 12.5. The summed E-state index contributed by atoms with van der Waals surface area (Å²) in [5.74, 6) is 1.23. The van der Waals surface area contributed by atoms with E-state index in [9.17, 15) is 4.79 Å². The third-order valence-electron chi connectivity index (χ3n) is 3.84. The molecule has 96 valence electrons. The van der Waals surface area contributed by atoms with E-state index in [0.29, 0.717) is 17.5 Å². The van der Waals surface area contributed by atoms with Gasteiger partial charge in [0.05, 0.1) is 5.69 Å². The maximum atomic E-state index is 12.3. The van der Waals surface area contributed by atoms with Crippen molar-refractivity contribution in [1.82, 2.24) is 15.1 Å². The van der Waals surface area contributed by atoms with Crippen molar-refractivity contribution in [3.63, 3.8) is 0 Å². The first kappa shape index (κ1) is 11.6. The summed E-state index contributed by atoms with van der Waals surface area (Å²) in [4.78, 5) is 14.2. The SMILES string of the molecule is CC1CCCN(C(=O)c2ccc(C3CC3)nn2)C1. The van der Waals surface area contributed by atoms with Crippen molar-refractivity contribution in [3.05, 3.63) is 23.5 Å². The summed E-state index contributed by atoms with van der Waals surface area (Å²) in [6.07, 6.45) is 4.74. The number of hydrogen-bond donors (Lipinski definition) is 0. The molecule has 1 saturated carbocycles. The molecule has 0 N–H and O–H groups in total. The second kappa shape index (κ2) is 4.67. The Hall–Kier alpha value is -1.45. The van der Waals surface area contributed by atoms with Crippen LogP contribution in [0.2, 0.25) is 0 Å². The van der Waals surface area contributed by atoms with Gasteiger partial charge < -0.3 is 4.90 Å². The third kappa shape index (κ3) is 2.37. The molecule has 2 fully saturated rings. The average molecular weight is 245 g/mol. The van der Waals surface area contributed by atoms with Crippen LogP contribution in [0.3, 0.4) is 0 Å². The number of nitrogens with zero attached hydrogens (tertiary/aromatic N) is 3. The second-order valence-electron chi connectivity index (χ2n) is 5.62. The summed E-state index contributed by atoms with van der Waals surface area (Å²) >= 11 is 0. The maximum Gasteiger partial charge on any atom is 0.274 e. The van der Waals surface area contributed by atoms with Crippen LogP contribution in [0.25, 0.3) is 0 Å². The molecule has 1 saturated heterocycles. The Morgan fingerprint density at radius 3 is 2.72 bits per heavy atom. The number of aromatic nitrogens is 2. The Morgan fingerprint density at radius 1 is 1.28 bits per heavy atom. The topological polar surface area (TPSA) is 46.1 Å². The van der Waals surface area contributed by atoms with Crippen LogP contribution in [0.15, 0.2) is 12.1 Å². The lowest BCUT2D eigenvalue weighted by atomic mass is 10.00. The Bertz CT molecular complexity index is 439. The molecule has 1 atom stereocenters. The summed E-state index contributed by atoms with van der Waals surface area (Å²) < 4.78 is 0. The Kier molecular flexibility index (Phi) is 3.02. The standard InChI is InChI=1S/C14H19N3O/c1-10-3-2-8-17(9-10)14(18)13-7-6-12(15-16-13)11-4-5-11/h6-7,10-11H,2-5,8-9H2,1H3. The van der Waals surface area contributed by atoms with Crippen LogP contribution in [0.4, 0.5) is 0 Å². The average Bonchev–Trinajstić information content (AvgIpc) is 3.22. The highest BCUT2D eigenvalue weighted by molar-refractivity contribution is 5.92. The summed E-state index contributed by atoms with van der Waals surface area (Å²) in [7, 11) is 0. The van der Waals surface area contributed by atoms with Crippen LogP contribution in [0.5, 0.6) is 0 Å². The van der Waals surface area contributed by atoms with Gasteiger partial charge in [-0.25, -0.2) is 0 Å². The molecule has 4 nitrogen and oxygen atoms in total. The lowest BCUT2D eigenvalue weighted by molar-refractivity contribution is 0.0675. The minimum Gasteiger partial charge on any atom is -0.337 e. The molecule has 1 amide bonds. The molecule has 0 spiro atoms. The van der Waals surface area contributed by atoms with Gasteiger partial charge in [-0.3, -0.25) is 4.79 Å². The van der Waals surface area contributed by atoms with Gasteiger partial charge in [0.2, 0.25) is 0 Å². The minimum absolute atomic E-state index is 0.0383. The molecule has 0 aromatic carbocycles. The first-order chi connectivity index (χ1) is 8.74. The molecular weight excluding hydrogens is 226 g/mol. The molecule has 1 unspecified atom stereocenters. The Labute approximate surface area is 107 Å². The lowest BCUT2D eigenvalue weighted by Gasteiger charge is -2.30. The van der Waals surface area contributed by atoms with Crippen molar-refractivity contribution >= 4 is 5.91 Å². The number of piperidine rings is 1. The van der Waals surface area contributed by atoms with Crippen LogP contribution in [0.1, 0.15) is 54.7 Å². The van der Waals surface area contributed by atoms with Crippen LogP contribution in [-0.4, -0.2) is 34.1 Å². The fourth-order valence-electron chi connectivity index (χ4n) is 2.59. The highest BCUT2D eigenvalue weighted by atomic mass is 16.2. The maximum absolute atomic E-state index is 12.3. The largest absolute Gasteiger partial charge is 0.337 e. The third-order valence-corrected chi connectivity index (χ3v) is 3.84. The zero-order valence-electron chi connectivity index (χ0n) is 10.8. The highest BCUT2D eigenvalue weighted by Gasteiger charge is 2.27. The van der Waals surface area contributed by atoms with E-state index in [1.165, 1.54) is 19.3 Å². The molecule has 0 bridgehead atoms. The van der Waals surface area contributed by atoms with E-state index >= 15 is 0 Å². The van der Waals surface area contributed by atoms with Crippen molar-refractivity contribution in [2.45, 2.75) is 38.5 Å². The molecule has 2 aliphatic rings. The van der Waals surface area contributed by atoms with E-state index in [4.69, 9.17) is 0 Å². The number of rotatable bonds is 2. The molecule has 3 rings (SSSR count). The van der Waals surface area contributed by atoms with Crippen LogP contribution < -0.4 is 0 Å². The zero-order valence-corrected chi connectivity index (χ0v) is 10.8. The fraction of sp³-hybridized carbons (Fsp3) is 0.643. The normalized spacial score (nSPS) is 24.1. The van der Waals surface area contributed by atoms with Crippen molar-refractivity contribution < 1.29 is 4.79 Å². The number of hydrogen-bond acceptors (Lipinski definition) is 3. The second-order valence-corrected chi connectivity index (χ2v) is 5.62. The number of amides is 1. The first-order valence-electron chi connectivity index (χ1n) is 6.87. The molecule has 1 aromatic rings. The van der Waals surface area contributed by atoms with E-state index < -0.39 is 0 Å². The summed E-state index contributed by atoms with van der Waals surface area (Å²) in [5, 5.41) is 8.28. The smallest absolute Gasteiger partial charge is 0.274 e. The van der Waals surface area contributed by atoms with Gasteiger partial charge in [-0.15, -0.1) is 5.10 Å². The van der Waals surface area contributed by atoms with Crippen molar-refractivity contribution in [3.8, 4) is 0 Å². The summed E-state index contributed by atoms with van der Waals surface area (Å²) in [6.45, 7) is 3.90. The molecule has 1 aliphatic heterocycles. The van der Waals surface area contributed by atoms with Gasteiger partial charge in [-0.1, -0.05) is 6.92 Å². The van der Waals surface area contributed by atoms with E-state index in [1.807, 2.05) is 17.0 Å².